The molecule has 0 radical (unpaired) electrons. The summed E-state index contributed by atoms with van der Waals surface area (Å²) in [5.41, 5.74) is 1.16. The van der Waals surface area contributed by atoms with Crippen molar-refractivity contribution < 1.29 is 14.3 Å². The van der Waals surface area contributed by atoms with E-state index in [4.69, 9.17) is 9.52 Å². The quantitative estimate of drug-likeness (QED) is 0.629. The number of nitrogens with one attached hydrogen (secondary N) is 1. The Kier molecular flexibility index (Phi) is 4.85. The molecule has 21 heavy (non-hydrogen) atoms. The standard InChI is InChI=1S/C14H16N2O4S/c1-3-4-9-6-11(17)16-14(15-9)21-7-10-5-8(2)12(20-10)13(18)19/h5-6H,3-4,7H2,1-2H3,(H,18,19)(H,15,16,17). The number of aromatic nitrogens is 2. The topological polar surface area (TPSA) is 96.2 Å². The lowest BCUT2D eigenvalue weighted by Gasteiger charge is -2.02. The number of thioether (sulfide) groups is 1. The fourth-order valence-corrected chi connectivity index (χ4v) is 2.68. The number of carboxylic acid groups (broad SMARTS) is 1. The monoisotopic (exact) mass is 308 g/mol. The zero-order valence-corrected chi connectivity index (χ0v) is 12.6. The molecule has 0 aliphatic carbocycles. The SMILES string of the molecule is CCCc1cc(=O)[nH]c(SCc2cc(C)c(C(=O)O)o2)n1. The molecule has 0 amide bonds. The summed E-state index contributed by atoms with van der Waals surface area (Å²) in [4.78, 5) is 29.5. The summed E-state index contributed by atoms with van der Waals surface area (Å²) in [6, 6.07) is 3.18. The zero-order chi connectivity index (χ0) is 15.4. The molecule has 0 atom stereocenters. The van der Waals surface area contributed by atoms with E-state index in [2.05, 4.69) is 9.97 Å². The van der Waals surface area contributed by atoms with E-state index >= 15 is 0 Å². The van der Waals surface area contributed by atoms with Gasteiger partial charge >= 0.3 is 5.97 Å². The Hall–Kier alpha value is -2.02. The van der Waals surface area contributed by atoms with Crippen LogP contribution in [-0.2, 0) is 12.2 Å². The fraction of sp³-hybridized carbons (Fsp3) is 0.357. The van der Waals surface area contributed by atoms with Crippen LogP contribution < -0.4 is 5.56 Å². The van der Waals surface area contributed by atoms with Gasteiger partial charge in [-0.15, -0.1) is 0 Å². The summed E-state index contributed by atoms with van der Waals surface area (Å²) in [6.45, 7) is 3.71. The van der Waals surface area contributed by atoms with Gasteiger partial charge in [0.2, 0.25) is 5.76 Å². The van der Waals surface area contributed by atoms with Crippen LogP contribution in [0.25, 0.3) is 0 Å². The van der Waals surface area contributed by atoms with Crippen molar-refractivity contribution >= 4 is 17.7 Å². The van der Waals surface area contributed by atoms with Crippen molar-refractivity contribution in [3.05, 3.63) is 45.3 Å². The van der Waals surface area contributed by atoms with Gasteiger partial charge in [-0.25, -0.2) is 9.78 Å². The van der Waals surface area contributed by atoms with Crippen molar-refractivity contribution in [3.8, 4) is 0 Å². The van der Waals surface area contributed by atoms with Gasteiger partial charge in [0, 0.05) is 17.3 Å². The minimum absolute atomic E-state index is 0.0493. The molecule has 2 aromatic rings. The molecule has 0 unspecified atom stereocenters. The van der Waals surface area contributed by atoms with Crippen LogP contribution in [-0.4, -0.2) is 21.0 Å². The Balaban J connectivity index is 2.11. The van der Waals surface area contributed by atoms with Gasteiger partial charge in [0.25, 0.3) is 5.56 Å². The predicted molar refractivity (Wildman–Crippen MR) is 78.8 cm³/mol. The Morgan fingerprint density at radius 1 is 1.48 bits per heavy atom. The molecule has 0 aliphatic rings. The van der Waals surface area contributed by atoms with Crippen molar-refractivity contribution in [2.45, 2.75) is 37.6 Å². The number of hydrogen-bond acceptors (Lipinski definition) is 5. The molecule has 0 aliphatic heterocycles. The molecule has 0 aromatic carbocycles. The summed E-state index contributed by atoms with van der Waals surface area (Å²) in [6.07, 6.45) is 1.67. The number of nitrogens with zero attached hydrogens (tertiary/aromatic N) is 1. The molecular weight excluding hydrogens is 292 g/mol. The van der Waals surface area contributed by atoms with E-state index in [1.54, 1.807) is 13.0 Å². The number of carboxylic acids is 1. The van der Waals surface area contributed by atoms with Crippen LogP contribution in [0.1, 0.15) is 40.9 Å². The molecule has 2 N–H and O–H groups in total. The van der Waals surface area contributed by atoms with Gasteiger partial charge in [0.05, 0.1) is 5.75 Å². The van der Waals surface area contributed by atoms with E-state index in [1.165, 1.54) is 17.8 Å². The Morgan fingerprint density at radius 2 is 2.24 bits per heavy atom. The number of H-pyrrole nitrogens is 1. The molecule has 2 rings (SSSR count). The largest absolute Gasteiger partial charge is 0.475 e. The maximum absolute atomic E-state index is 11.5. The second kappa shape index (κ2) is 6.62. The fourth-order valence-electron chi connectivity index (χ4n) is 1.91. The molecule has 0 saturated carbocycles. The van der Waals surface area contributed by atoms with Crippen LogP contribution in [0.15, 0.2) is 26.5 Å². The Bertz CT molecular complexity index is 705. The van der Waals surface area contributed by atoms with Gasteiger partial charge in [-0.1, -0.05) is 25.1 Å². The molecule has 112 valence electrons. The van der Waals surface area contributed by atoms with Gasteiger partial charge in [-0.05, 0) is 19.4 Å². The zero-order valence-electron chi connectivity index (χ0n) is 11.8. The predicted octanol–water partition coefficient (Wildman–Crippen LogP) is 2.61. The lowest BCUT2D eigenvalue weighted by atomic mass is 10.2. The molecule has 7 heteroatoms. The van der Waals surface area contributed by atoms with Crippen molar-refractivity contribution in [1.29, 1.82) is 0 Å². The van der Waals surface area contributed by atoms with Gasteiger partial charge in [-0.3, -0.25) is 4.79 Å². The number of rotatable bonds is 6. The minimum Gasteiger partial charge on any atom is -0.475 e. The summed E-state index contributed by atoms with van der Waals surface area (Å²) in [5.74, 6) is -0.183. The molecule has 0 spiro atoms. The van der Waals surface area contributed by atoms with Gasteiger partial charge in [-0.2, -0.15) is 0 Å². The molecule has 6 nitrogen and oxygen atoms in total. The smallest absolute Gasteiger partial charge is 0.372 e. The summed E-state index contributed by atoms with van der Waals surface area (Å²) in [5, 5.41) is 9.45. The number of aromatic amines is 1. The highest BCUT2D eigenvalue weighted by Crippen LogP contribution is 2.22. The molecule has 2 heterocycles. The first-order chi connectivity index (χ1) is 9.99. The molecule has 0 bridgehead atoms. The minimum atomic E-state index is -1.08. The van der Waals surface area contributed by atoms with Crippen LogP contribution in [0.3, 0.4) is 0 Å². The highest BCUT2D eigenvalue weighted by Gasteiger charge is 2.14. The van der Waals surface area contributed by atoms with Crippen molar-refractivity contribution in [2.75, 3.05) is 0 Å². The van der Waals surface area contributed by atoms with Crippen molar-refractivity contribution in [2.24, 2.45) is 0 Å². The van der Waals surface area contributed by atoms with Gasteiger partial charge in [0.15, 0.2) is 5.16 Å². The molecule has 2 aromatic heterocycles. The lowest BCUT2D eigenvalue weighted by molar-refractivity contribution is 0.0659. The second-order valence-corrected chi connectivity index (χ2v) is 5.57. The van der Waals surface area contributed by atoms with Crippen LogP contribution >= 0.6 is 11.8 Å². The van der Waals surface area contributed by atoms with E-state index in [1.807, 2.05) is 6.92 Å². The van der Waals surface area contributed by atoms with E-state index in [-0.39, 0.29) is 11.3 Å². The number of hydrogen-bond donors (Lipinski definition) is 2. The highest BCUT2D eigenvalue weighted by atomic mass is 32.2. The highest BCUT2D eigenvalue weighted by molar-refractivity contribution is 7.98. The van der Waals surface area contributed by atoms with Crippen LogP contribution in [0, 0.1) is 6.92 Å². The molecular formula is C14H16N2O4S. The summed E-state index contributed by atoms with van der Waals surface area (Å²) < 4.78 is 5.27. The van der Waals surface area contributed by atoms with Crippen LogP contribution in [0.4, 0.5) is 0 Å². The third kappa shape index (κ3) is 3.98. The number of aromatic carboxylic acids is 1. The maximum Gasteiger partial charge on any atom is 0.372 e. The van der Waals surface area contributed by atoms with Crippen molar-refractivity contribution in [1.82, 2.24) is 9.97 Å². The normalized spacial score (nSPS) is 10.8. The average molecular weight is 308 g/mol. The molecule has 0 fully saturated rings. The second-order valence-electron chi connectivity index (χ2n) is 4.61. The number of carbonyl (C=O) groups is 1. The molecule has 0 saturated heterocycles. The van der Waals surface area contributed by atoms with E-state index in [0.717, 1.165) is 18.5 Å². The lowest BCUT2D eigenvalue weighted by Crippen LogP contribution is -2.09. The Labute approximate surface area is 125 Å². The Morgan fingerprint density at radius 3 is 2.86 bits per heavy atom. The van der Waals surface area contributed by atoms with Crippen LogP contribution in [0.2, 0.25) is 0 Å². The number of aryl methyl sites for hydroxylation is 2. The van der Waals surface area contributed by atoms with E-state index < -0.39 is 5.97 Å². The van der Waals surface area contributed by atoms with Crippen molar-refractivity contribution in [3.63, 3.8) is 0 Å². The first-order valence-corrected chi connectivity index (χ1v) is 7.53. The first-order valence-electron chi connectivity index (χ1n) is 6.55. The third-order valence-electron chi connectivity index (χ3n) is 2.79. The maximum atomic E-state index is 11.5. The van der Waals surface area contributed by atoms with E-state index in [0.29, 0.717) is 22.2 Å². The third-order valence-corrected chi connectivity index (χ3v) is 3.69. The van der Waals surface area contributed by atoms with Crippen LogP contribution in [0.5, 0.6) is 0 Å². The number of furan rings is 1. The summed E-state index contributed by atoms with van der Waals surface area (Å²) in [7, 11) is 0. The average Bonchev–Trinajstić information content (AvgIpc) is 2.78. The van der Waals surface area contributed by atoms with Gasteiger partial charge < -0.3 is 14.5 Å². The van der Waals surface area contributed by atoms with E-state index in [9.17, 15) is 9.59 Å². The first kappa shape index (κ1) is 15.4. The van der Waals surface area contributed by atoms with Gasteiger partial charge in [0.1, 0.15) is 5.76 Å². The summed E-state index contributed by atoms with van der Waals surface area (Å²) >= 11 is 1.31.